The minimum Gasteiger partial charge on any atom is -0.382 e. The molecule has 8 nitrogen and oxygen atoms in total. The third kappa shape index (κ3) is 4.15. The molecule has 2 rings (SSSR count). The van der Waals surface area contributed by atoms with Crippen LogP contribution in [-0.2, 0) is 14.6 Å². The van der Waals surface area contributed by atoms with Gasteiger partial charge in [-0.3, -0.25) is 4.79 Å². The molecule has 24 heavy (non-hydrogen) atoms. The quantitative estimate of drug-likeness (QED) is 0.585. The summed E-state index contributed by atoms with van der Waals surface area (Å²) in [5, 5.41) is 8.64. The molecule has 0 bridgehead atoms. The average Bonchev–Trinajstić information content (AvgIpc) is 2.88. The Morgan fingerprint density at radius 3 is 2.83 bits per heavy atom. The first kappa shape index (κ1) is 18.5. The van der Waals surface area contributed by atoms with Crippen LogP contribution < -0.4 is 5.73 Å². The summed E-state index contributed by atoms with van der Waals surface area (Å²) < 4.78 is 23.3. The molecule has 1 saturated heterocycles. The Morgan fingerprint density at radius 1 is 1.62 bits per heavy atom. The number of amides is 1. The van der Waals surface area contributed by atoms with E-state index in [2.05, 4.69) is 9.97 Å². The van der Waals surface area contributed by atoms with Gasteiger partial charge >= 0.3 is 0 Å². The second-order valence-corrected chi connectivity index (χ2v) is 9.04. The van der Waals surface area contributed by atoms with E-state index in [0.717, 1.165) is 11.8 Å². The van der Waals surface area contributed by atoms with E-state index in [9.17, 15) is 13.2 Å². The van der Waals surface area contributed by atoms with Crippen molar-refractivity contribution in [1.29, 1.82) is 5.26 Å². The van der Waals surface area contributed by atoms with E-state index in [1.807, 2.05) is 13.0 Å². The molecule has 0 aliphatic carbocycles. The monoisotopic (exact) mass is 369 g/mol. The minimum atomic E-state index is -3.05. The summed E-state index contributed by atoms with van der Waals surface area (Å²) in [6.07, 6.45) is 1.79. The molecule has 10 heteroatoms. The van der Waals surface area contributed by atoms with Gasteiger partial charge < -0.3 is 10.6 Å². The molecule has 2 heterocycles. The van der Waals surface area contributed by atoms with Gasteiger partial charge in [0.2, 0.25) is 5.91 Å². The van der Waals surface area contributed by atoms with Crippen molar-refractivity contribution in [2.75, 3.05) is 23.8 Å². The number of carbonyl (C=O) groups excluding carboxylic acids is 1. The highest BCUT2D eigenvalue weighted by Crippen LogP contribution is 2.25. The topological polar surface area (TPSA) is 130 Å². The summed E-state index contributed by atoms with van der Waals surface area (Å²) in [7, 11) is -3.05. The maximum Gasteiger partial charge on any atom is 0.236 e. The van der Waals surface area contributed by atoms with Crippen molar-refractivity contribution in [3.8, 4) is 6.07 Å². The molecule has 1 aliphatic rings. The smallest absolute Gasteiger partial charge is 0.236 e. The van der Waals surface area contributed by atoms with Crippen molar-refractivity contribution < 1.29 is 13.2 Å². The van der Waals surface area contributed by atoms with Crippen molar-refractivity contribution in [2.24, 2.45) is 0 Å². The summed E-state index contributed by atoms with van der Waals surface area (Å²) in [5.41, 5.74) is 5.83. The van der Waals surface area contributed by atoms with Crippen molar-refractivity contribution in [1.82, 2.24) is 14.9 Å². The zero-order chi connectivity index (χ0) is 17.9. The molecular formula is C14H19N5O3S2. The average molecular weight is 369 g/mol. The van der Waals surface area contributed by atoms with Crippen LogP contribution in [0.3, 0.4) is 0 Å². The number of hydrogen-bond acceptors (Lipinski definition) is 8. The van der Waals surface area contributed by atoms with Gasteiger partial charge in [0.25, 0.3) is 0 Å². The predicted octanol–water partition coefficient (Wildman–Crippen LogP) is 0.447. The van der Waals surface area contributed by atoms with Crippen LogP contribution in [0.4, 0.5) is 5.82 Å². The fourth-order valence-corrected chi connectivity index (χ4v) is 5.13. The number of hydrogen-bond donors (Lipinski definition) is 1. The van der Waals surface area contributed by atoms with Crippen LogP contribution in [0.2, 0.25) is 0 Å². The van der Waals surface area contributed by atoms with E-state index >= 15 is 0 Å². The summed E-state index contributed by atoms with van der Waals surface area (Å²) >= 11 is 1.14. The Bertz CT molecular complexity index is 775. The second-order valence-electron chi connectivity index (χ2n) is 5.50. The lowest BCUT2D eigenvalue weighted by Crippen LogP contribution is -2.44. The molecule has 1 aromatic rings. The molecule has 1 aromatic heterocycles. The first-order valence-corrected chi connectivity index (χ1v) is 10.2. The van der Waals surface area contributed by atoms with Gasteiger partial charge in [-0.15, -0.1) is 0 Å². The first-order chi connectivity index (χ1) is 11.3. The third-order valence-electron chi connectivity index (χ3n) is 3.82. The fraction of sp³-hybridized carbons (Fsp3) is 0.571. The third-order valence-corrected chi connectivity index (χ3v) is 6.53. The highest BCUT2D eigenvalue weighted by molar-refractivity contribution is 8.00. The van der Waals surface area contributed by atoms with Gasteiger partial charge in [-0.05, 0) is 20.3 Å². The van der Waals surface area contributed by atoms with Gasteiger partial charge in [-0.1, -0.05) is 11.8 Å². The number of rotatable bonds is 5. The molecule has 1 amide bonds. The van der Waals surface area contributed by atoms with Crippen molar-refractivity contribution >= 4 is 33.3 Å². The summed E-state index contributed by atoms with van der Waals surface area (Å²) in [6.45, 7) is 3.99. The lowest BCUT2D eigenvalue weighted by Gasteiger charge is -2.29. The molecular weight excluding hydrogens is 350 g/mol. The van der Waals surface area contributed by atoms with E-state index in [4.69, 9.17) is 11.0 Å². The number of nitrogen functional groups attached to an aromatic ring is 1. The molecule has 1 aliphatic heterocycles. The van der Waals surface area contributed by atoms with Crippen LogP contribution in [0.25, 0.3) is 0 Å². The van der Waals surface area contributed by atoms with Crippen LogP contribution >= 0.6 is 11.8 Å². The Morgan fingerprint density at radius 2 is 2.33 bits per heavy atom. The normalized spacial score (nSPS) is 20.3. The Kier molecular flexibility index (Phi) is 5.66. The van der Waals surface area contributed by atoms with Gasteiger partial charge in [0.15, 0.2) is 15.0 Å². The summed E-state index contributed by atoms with van der Waals surface area (Å²) in [4.78, 5) is 22.3. The van der Waals surface area contributed by atoms with Crippen molar-refractivity contribution in [3.63, 3.8) is 0 Å². The highest BCUT2D eigenvalue weighted by atomic mass is 32.2. The number of sulfone groups is 1. The van der Waals surface area contributed by atoms with Gasteiger partial charge in [0.05, 0.1) is 23.0 Å². The number of nitrogens with two attached hydrogens (primary N) is 1. The van der Waals surface area contributed by atoms with Gasteiger partial charge in [0, 0.05) is 12.6 Å². The lowest BCUT2D eigenvalue weighted by atomic mass is 10.2. The van der Waals surface area contributed by atoms with Crippen molar-refractivity contribution in [3.05, 3.63) is 11.8 Å². The molecule has 0 aromatic carbocycles. The molecule has 0 spiro atoms. The van der Waals surface area contributed by atoms with Crippen LogP contribution in [0.15, 0.2) is 11.4 Å². The van der Waals surface area contributed by atoms with E-state index < -0.39 is 15.1 Å². The van der Waals surface area contributed by atoms with Gasteiger partial charge in [-0.25, -0.2) is 18.4 Å². The van der Waals surface area contributed by atoms with E-state index in [0.29, 0.717) is 18.1 Å². The van der Waals surface area contributed by atoms with Crippen LogP contribution in [0.1, 0.15) is 25.8 Å². The SMILES string of the molecule is CCN(C(=O)[C@@H](C)Sc1ncc(C#N)c(N)n1)[C@@H]1CCS(=O)(=O)C1. The Hall–Kier alpha value is -1.86. The number of thioether (sulfide) groups is 1. The molecule has 0 unspecified atom stereocenters. The molecule has 1 fully saturated rings. The standard InChI is InChI=1S/C14H19N5O3S2/c1-3-19(11-4-5-24(21,22)8-11)13(20)9(2)23-14-17-7-10(6-15)12(16)18-14/h7,9,11H,3-5,8H2,1-2H3,(H2,16,17,18)/t9-,11-/m1/s1. The van der Waals surface area contributed by atoms with Crippen molar-refractivity contribution in [2.45, 2.75) is 36.7 Å². The van der Waals surface area contributed by atoms with Gasteiger partial charge in [0.1, 0.15) is 17.5 Å². The number of carbonyl (C=O) groups is 1. The molecule has 2 atom stereocenters. The van der Waals surface area contributed by atoms with E-state index in [1.165, 1.54) is 6.20 Å². The second kappa shape index (κ2) is 7.36. The highest BCUT2D eigenvalue weighted by Gasteiger charge is 2.35. The first-order valence-electron chi connectivity index (χ1n) is 7.47. The van der Waals surface area contributed by atoms with Gasteiger partial charge in [-0.2, -0.15) is 5.26 Å². The molecule has 0 saturated carbocycles. The zero-order valence-electron chi connectivity index (χ0n) is 13.5. The number of aromatic nitrogens is 2. The summed E-state index contributed by atoms with van der Waals surface area (Å²) in [5.74, 6) is 0.0581. The maximum atomic E-state index is 12.7. The molecule has 130 valence electrons. The number of anilines is 1. The van der Waals surface area contributed by atoms with Crippen LogP contribution in [0, 0.1) is 11.3 Å². The van der Waals surface area contributed by atoms with Crippen LogP contribution in [0.5, 0.6) is 0 Å². The predicted molar refractivity (Wildman–Crippen MR) is 90.9 cm³/mol. The number of nitriles is 1. The largest absolute Gasteiger partial charge is 0.382 e. The number of nitrogens with zero attached hydrogens (tertiary/aromatic N) is 4. The lowest BCUT2D eigenvalue weighted by molar-refractivity contribution is -0.131. The zero-order valence-corrected chi connectivity index (χ0v) is 15.1. The van der Waals surface area contributed by atoms with E-state index in [-0.39, 0.29) is 34.8 Å². The fourth-order valence-electron chi connectivity index (χ4n) is 2.58. The molecule has 2 N–H and O–H groups in total. The minimum absolute atomic E-state index is 0.0181. The Labute approximate surface area is 145 Å². The Balaban J connectivity index is 2.08. The maximum absolute atomic E-state index is 12.7. The van der Waals surface area contributed by atoms with E-state index in [1.54, 1.807) is 11.8 Å². The summed E-state index contributed by atoms with van der Waals surface area (Å²) in [6, 6.07) is 1.60. The molecule has 0 radical (unpaired) electrons. The van der Waals surface area contributed by atoms with Crippen LogP contribution in [-0.4, -0.2) is 58.5 Å².